The highest BCUT2D eigenvalue weighted by Crippen LogP contribution is 2.19. The van der Waals surface area contributed by atoms with Crippen LogP contribution >= 0.6 is 11.3 Å². The number of nitrogens with zero attached hydrogens (tertiary/aromatic N) is 2. The van der Waals surface area contributed by atoms with Crippen molar-refractivity contribution in [2.24, 2.45) is 0 Å². The van der Waals surface area contributed by atoms with E-state index in [1.807, 2.05) is 13.0 Å². The van der Waals surface area contributed by atoms with Gasteiger partial charge in [0, 0.05) is 18.0 Å². The van der Waals surface area contributed by atoms with Crippen molar-refractivity contribution in [1.29, 1.82) is 0 Å². The monoisotopic (exact) mass is 265 g/mol. The van der Waals surface area contributed by atoms with Crippen LogP contribution in [0.4, 0.5) is 0 Å². The summed E-state index contributed by atoms with van der Waals surface area (Å²) in [6.07, 6.45) is 0. The predicted octanol–water partition coefficient (Wildman–Crippen LogP) is 3.41. The Morgan fingerprint density at radius 3 is 2.67 bits per heavy atom. The van der Waals surface area contributed by atoms with E-state index in [1.54, 1.807) is 11.3 Å². The van der Waals surface area contributed by atoms with E-state index in [0.717, 1.165) is 23.0 Å². The zero-order valence-electron chi connectivity index (χ0n) is 11.2. The maximum absolute atomic E-state index is 5.07. The molecule has 0 fully saturated rings. The van der Waals surface area contributed by atoms with Gasteiger partial charge in [0.1, 0.15) is 16.5 Å². The van der Waals surface area contributed by atoms with Gasteiger partial charge >= 0.3 is 0 Å². The average Bonchev–Trinajstić information content (AvgIpc) is 2.94. The molecule has 0 aliphatic carbocycles. The minimum Gasteiger partial charge on any atom is -0.361 e. The Kier molecular flexibility index (Phi) is 4.14. The highest BCUT2D eigenvalue weighted by Gasteiger charge is 2.11. The van der Waals surface area contributed by atoms with E-state index < -0.39 is 0 Å². The Labute approximate surface area is 111 Å². The molecule has 98 valence electrons. The van der Waals surface area contributed by atoms with Crippen LogP contribution in [0, 0.1) is 6.92 Å². The van der Waals surface area contributed by atoms with Gasteiger partial charge in [-0.3, -0.25) is 0 Å². The van der Waals surface area contributed by atoms with Crippen molar-refractivity contribution in [2.45, 2.75) is 46.2 Å². The summed E-state index contributed by atoms with van der Waals surface area (Å²) in [5.74, 6) is 1.33. The average molecular weight is 265 g/mol. The maximum atomic E-state index is 5.07. The van der Waals surface area contributed by atoms with Gasteiger partial charge in [0.05, 0.1) is 11.7 Å². The molecule has 0 saturated heterocycles. The number of rotatable bonds is 5. The van der Waals surface area contributed by atoms with Crippen LogP contribution in [-0.4, -0.2) is 10.1 Å². The van der Waals surface area contributed by atoms with Gasteiger partial charge in [0.2, 0.25) is 0 Å². The number of thiazole rings is 1. The smallest absolute Gasteiger partial charge is 0.133 e. The Balaban J connectivity index is 1.90. The van der Waals surface area contributed by atoms with E-state index >= 15 is 0 Å². The van der Waals surface area contributed by atoms with Crippen molar-refractivity contribution in [3.05, 3.63) is 33.6 Å². The van der Waals surface area contributed by atoms with E-state index in [4.69, 9.17) is 4.52 Å². The second-order valence-corrected chi connectivity index (χ2v) is 5.73. The fourth-order valence-corrected chi connectivity index (χ4v) is 2.51. The summed E-state index contributed by atoms with van der Waals surface area (Å²) in [7, 11) is 0. The predicted molar refractivity (Wildman–Crippen MR) is 72.7 cm³/mol. The van der Waals surface area contributed by atoms with Crippen molar-refractivity contribution in [3.8, 4) is 0 Å². The van der Waals surface area contributed by atoms with Crippen LogP contribution in [0.15, 0.2) is 16.0 Å². The quantitative estimate of drug-likeness (QED) is 0.900. The number of nitrogens with one attached hydrogen (secondary N) is 1. The Bertz CT molecular complexity index is 504. The second kappa shape index (κ2) is 5.63. The number of hydrogen-bond donors (Lipinski definition) is 1. The summed E-state index contributed by atoms with van der Waals surface area (Å²) in [6.45, 7) is 9.07. The zero-order valence-corrected chi connectivity index (χ0v) is 12.0. The SMILES string of the molecule is Cc1cc(C(C)NCc2nc(C(C)C)cs2)no1. The lowest BCUT2D eigenvalue weighted by Gasteiger charge is -2.08. The van der Waals surface area contributed by atoms with Crippen LogP contribution in [0.2, 0.25) is 0 Å². The maximum Gasteiger partial charge on any atom is 0.133 e. The van der Waals surface area contributed by atoms with Crippen molar-refractivity contribution >= 4 is 11.3 Å². The molecule has 0 radical (unpaired) electrons. The normalized spacial score (nSPS) is 13.2. The summed E-state index contributed by atoms with van der Waals surface area (Å²) in [6, 6.07) is 2.13. The fraction of sp³-hybridized carbons (Fsp3) is 0.538. The van der Waals surface area contributed by atoms with Gasteiger partial charge in [-0.25, -0.2) is 4.98 Å². The van der Waals surface area contributed by atoms with Gasteiger partial charge in [-0.05, 0) is 19.8 Å². The largest absolute Gasteiger partial charge is 0.361 e. The van der Waals surface area contributed by atoms with Crippen LogP contribution in [0.25, 0.3) is 0 Å². The minimum absolute atomic E-state index is 0.175. The van der Waals surface area contributed by atoms with E-state index in [9.17, 15) is 0 Å². The first-order valence-electron chi connectivity index (χ1n) is 6.17. The van der Waals surface area contributed by atoms with Gasteiger partial charge in [-0.1, -0.05) is 19.0 Å². The molecule has 0 spiro atoms. The van der Waals surface area contributed by atoms with Crippen LogP contribution in [0.1, 0.15) is 54.9 Å². The molecule has 2 aromatic heterocycles. The molecule has 0 amide bonds. The molecule has 0 saturated carbocycles. The van der Waals surface area contributed by atoms with E-state index in [2.05, 4.69) is 41.6 Å². The van der Waals surface area contributed by atoms with E-state index in [0.29, 0.717) is 5.92 Å². The first-order valence-corrected chi connectivity index (χ1v) is 7.05. The molecule has 0 bridgehead atoms. The molecule has 2 heterocycles. The number of aryl methyl sites for hydroxylation is 1. The Morgan fingerprint density at radius 1 is 1.33 bits per heavy atom. The van der Waals surface area contributed by atoms with Crippen molar-refractivity contribution in [3.63, 3.8) is 0 Å². The molecule has 18 heavy (non-hydrogen) atoms. The molecule has 1 unspecified atom stereocenters. The van der Waals surface area contributed by atoms with E-state index in [-0.39, 0.29) is 6.04 Å². The fourth-order valence-electron chi connectivity index (χ4n) is 1.61. The molecule has 2 aromatic rings. The standard InChI is InChI=1S/C13H19N3OS/c1-8(2)12-7-18-13(15-12)6-14-10(4)11-5-9(3)17-16-11/h5,7-8,10,14H,6H2,1-4H3. The summed E-state index contributed by atoms with van der Waals surface area (Å²) < 4.78 is 5.07. The molecular weight excluding hydrogens is 246 g/mol. The highest BCUT2D eigenvalue weighted by atomic mass is 32.1. The molecule has 4 nitrogen and oxygen atoms in total. The Morgan fingerprint density at radius 2 is 2.11 bits per heavy atom. The molecule has 0 aromatic carbocycles. The summed E-state index contributed by atoms with van der Waals surface area (Å²) >= 11 is 1.70. The lowest BCUT2D eigenvalue weighted by molar-refractivity contribution is 0.380. The van der Waals surface area contributed by atoms with Gasteiger partial charge in [-0.15, -0.1) is 11.3 Å². The minimum atomic E-state index is 0.175. The lowest BCUT2D eigenvalue weighted by Crippen LogP contribution is -2.18. The molecule has 5 heteroatoms. The Hall–Kier alpha value is -1.20. The first kappa shape index (κ1) is 13.2. The molecule has 0 aliphatic heterocycles. The van der Waals surface area contributed by atoms with Gasteiger partial charge in [0.15, 0.2) is 0 Å². The van der Waals surface area contributed by atoms with Crippen molar-refractivity contribution < 1.29 is 4.52 Å². The lowest BCUT2D eigenvalue weighted by atomic mass is 10.2. The van der Waals surface area contributed by atoms with Gasteiger partial charge < -0.3 is 9.84 Å². The van der Waals surface area contributed by atoms with Gasteiger partial charge in [-0.2, -0.15) is 0 Å². The molecular formula is C13H19N3OS. The zero-order chi connectivity index (χ0) is 13.1. The van der Waals surface area contributed by atoms with Crippen LogP contribution in [-0.2, 0) is 6.54 Å². The molecule has 2 rings (SSSR count). The summed E-state index contributed by atoms with van der Waals surface area (Å²) in [4.78, 5) is 4.59. The number of aromatic nitrogens is 2. The van der Waals surface area contributed by atoms with Crippen LogP contribution in [0.3, 0.4) is 0 Å². The highest BCUT2D eigenvalue weighted by molar-refractivity contribution is 7.09. The van der Waals surface area contributed by atoms with Gasteiger partial charge in [0.25, 0.3) is 0 Å². The summed E-state index contributed by atoms with van der Waals surface area (Å²) in [5, 5.41) is 10.7. The first-order chi connectivity index (χ1) is 8.56. The number of hydrogen-bond acceptors (Lipinski definition) is 5. The summed E-state index contributed by atoms with van der Waals surface area (Å²) in [5.41, 5.74) is 2.11. The molecule has 1 N–H and O–H groups in total. The molecule has 0 aliphatic rings. The van der Waals surface area contributed by atoms with Crippen molar-refractivity contribution in [2.75, 3.05) is 0 Å². The third kappa shape index (κ3) is 3.17. The third-order valence-corrected chi connectivity index (χ3v) is 3.68. The second-order valence-electron chi connectivity index (χ2n) is 4.79. The van der Waals surface area contributed by atoms with Crippen LogP contribution < -0.4 is 5.32 Å². The van der Waals surface area contributed by atoms with E-state index in [1.165, 1.54) is 5.69 Å². The molecule has 1 atom stereocenters. The topological polar surface area (TPSA) is 51.0 Å². The third-order valence-electron chi connectivity index (χ3n) is 2.81. The van der Waals surface area contributed by atoms with Crippen molar-refractivity contribution in [1.82, 2.24) is 15.5 Å². The van der Waals surface area contributed by atoms with Crippen LogP contribution in [0.5, 0.6) is 0 Å².